The molecular formula is C30H34Cl2N2O2. The molecule has 3 rings (SSSR count). The first-order chi connectivity index (χ1) is 17.3. The summed E-state index contributed by atoms with van der Waals surface area (Å²) >= 11 is 13.0. The molecular weight excluding hydrogens is 491 g/mol. The number of nitrogens with one attached hydrogen (secondary N) is 1. The number of hydrogen-bond acceptors (Lipinski definition) is 2. The quantitative estimate of drug-likeness (QED) is 0.283. The van der Waals surface area contributed by atoms with E-state index in [1.54, 1.807) is 23.1 Å². The maximum atomic E-state index is 13.9. The van der Waals surface area contributed by atoms with Crippen molar-refractivity contribution in [3.8, 4) is 0 Å². The SMILES string of the molecule is CCCCNC(=O)[C@@H](Cc1ccccc1)N(Cc1c(Cl)cccc1Cl)C(=O)Cc1cc(C)cc(C)c1. The second kappa shape index (κ2) is 13.5. The fourth-order valence-corrected chi connectivity index (χ4v) is 4.88. The van der Waals surface area contributed by atoms with Crippen molar-refractivity contribution in [1.82, 2.24) is 10.2 Å². The van der Waals surface area contributed by atoms with Gasteiger partial charge in [0.1, 0.15) is 6.04 Å². The Hall–Kier alpha value is -2.82. The van der Waals surface area contributed by atoms with Gasteiger partial charge < -0.3 is 10.2 Å². The van der Waals surface area contributed by atoms with E-state index in [2.05, 4.69) is 18.3 Å². The van der Waals surface area contributed by atoms with E-state index in [0.717, 1.165) is 35.1 Å². The summed E-state index contributed by atoms with van der Waals surface area (Å²) in [5, 5.41) is 3.98. The van der Waals surface area contributed by atoms with E-state index in [1.165, 1.54) is 0 Å². The lowest BCUT2D eigenvalue weighted by molar-refractivity contribution is -0.140. The van der Waals surface area contributed by atoms with Gasteiger partial charge in [-0.05, 0) is 43.5 Å². The third-order valence-corrected chi connectivity index (χ3v) is 6.84. The van der Waals surface area contributed by atoms with Gasteiger partial charge in [0.25, 0.3) is 0 Å². The second-order valence-corrected chi connectivity index (χ2v) is 10.1. The zero-order valence-corrected chi connectivity index (χ0v) is 22.7. The smallest absolute Gasteiger partial charge is 0.243 e. The number of halogens is 2. The minimum absolute atomic E-state index is 0.140. The lowest BCUT2D eigenvalue weighted by Gasteiger charge is -2.32. The largest absolute Gasteiger partial charge is 0.354 e. The number of unbranched alkanes of at least 4 members (excludes halogenated alkanes) is 1. The van der Waals surface area contributed by atoms with Crippen molar-refractivity contribution in [3.05, 3.63) is 105 Å². The van der Waals surface area contributed by atoms with Crippen molar-refractivity contribution < 1.29 is 9.59 Å². The summed E-state index contributed by atoms with van der Waals surface area (Å²) in [6.07, 6.45) is 2.41. The van der Waals surface area contributed by atoms with Crippen LogP contribution in [-0.4, -0.2) is 29.3 Å². The molecule has 2 amide bonds. The van der Waals surface area contributed by atoms with Gasteiger partial charge in [0, 0.05) is 35.1 Å². The van der Waals surface area contributed by atoms with E-state index in [-0.39, 0.29) is 24.8 Å². The van der Waals surface area contributed by atoms with Crippen LogP contribution in [0.4, 0.5) is 0 Å². The predicted octanol–water partition coefficient (Wildman–Crippen LogP) is 6.71. The van der Waals surface area contributed by atoms with Crippen LogP contribution in [0.1, 0.15) is 47.6 Å². The van der Waals surface area contributed by atoms with Gasteiger partial charge in [-0.1, -0.05) is 102 Å². The maximum absolute atomic E-state index is 13.9. The summed E-state index contributed by atoms with van der Waals surface area (Å²) in [5.74, 6) is -0.327. The molecule has 0 aliphatic carbocycles. The van der Waals surface area contributed by atoms with Crippen molar-refractivity contribution in [1.29, 1.82) is 0 Å². The molecule has 190 valence electrons. The summed E-state index contributed by atoms with van der Waals surface area (Å²) in [5.41, 5.74) is 4.71. The molecule has 0 bridgehead atoms. The molecule has 0 saturated heterocycles. The van der Waals surface area contributed by atoms with E-state index in [9.17, 15) is 9.59 Å². The fraction of sp³-hybridized carbons (Fsp3) is 0.333. The standard InChI is InChI=1S/C30H34Cl2N2O2/c1-4-5-14-33-30(36)28(18-23-10-7-6-8-11-23)34(20-25-26(31)12-9-13-27(25)32)29(35)19-24-16-21(2)15-22(3)17-24/h6-13,15-17,28H,4-5,14,18-20H2,1-3H3,(H,33,36)/t28-/m1/s1. The van der Waals surface area contributed by atoms with E-state index >= 15 is 0 Å². The van der Waals surface area contributed by atoms with Gasteiger partial charge in [-0.3, -0.25) is 9.59 Å². The molecule has 0 aliphatic heterocycles. The van der Waals surface area contributed by atoms with Crippen molar-refractivity contribution in [2.45, 2.75) is 59.0 Å². The van der Waals surface area contributed by atoms with Crippen LogP contribution in [0.25, 0.3) is 0 Å². The van der Waals surface area contributed by atoms with Crippen molar-refractivity contribution in [3.63, 3.8) is 0 Å². The molecule has 3 aromatic carbocycles. The third kappa shape index (κ3) is 7.84. The zero-order chi connectivity index (χ0) is 26.1. The molecule has 0 aromatic heterocycles. The maximum Gasteiger partial charge on any atom is 0.243 e. The molecule has 0 saturated carbocycles. The van der Waals surface area contributed by atoms with Crippen LogP contribution in [0, 0.1) is 13.8 Å². The lowest BCUT2D eigenvalue weighted by atomic mass is 10.00. The number of carbonyl (C=O) groups is 2. The summed E-state index contributed by atoms with van der Waals surface area (Å²) in [6.45, 7) is 6.81. The van der Waals surface area contributed by atoms with E-state index in [0.29, 0.717) is 28.6 Å². The van der Waals surface area contributed by atoms with Gasteiger partial charge in [-0.2, -0.15) is 0 Å². The first kappa shape index (κ1) is 27.8. The molecule has 1 atom stereocenters. The first-order valence-corrected chi connectivity index (χ1v) is 13.1. The zero-order valence-electron chi connectivity index (χ0n) is 21.2. The Labute approximate surface area is 224 Å². The topological polar surface area (TPSA) is 49.4 Å². The molecule has 0 fully saturated rings. The number of carbonyl (C=O) groups excluding carboxylic acids is 2. The molecule has 0 heterocycles. The Bertz CT molecular complexity index is 1140. The predicted molar refractivity (Wildman–Crippen MR) is 148 cm³/mol. The number of rotatable bonds is 11. The van der Waals surface area contributed by atoms with Gasteiger partial charge in [0.05, 0.1) is 6.42 Å². The number of nitrogens with zero attached hydrogens (tertiary/aromatic N) is 1. The summed E-state index contributed by atoms with van der Waals surface area (Å²) < 4.78 is 0. The summed E-state index contributed by atoms with van der Waals surface area (Å²) in [4.78, 5) is 29.0. The van der Waals surface area contributed by atoms with Gasteiger partial charge in [-0.15, -0.1) is 0 Å². The van der Waals surface area contributed by atoms with E-state index in [4.69, 9.17) is 23.2 Å². The molecule has 0 aliphatic rings. The highest BCUT2D eigenvalue weighted by atomic mass is 35.5. The lowest BCUT2D eigenvalue weighted by Crippen LogP contribution is -2.51. The Morgan fingerprint density at radius 1 is 0.889 bits per heavy atom. The minimum Gasteiger partial charge on any atom is -0.354 e. The van der Waals surface area contributed by atoms with Gasteiger partial charge >= 0.3 is 0 Å². The first-order valence-electron chi connectivity index (χ1n) is 12.4. The molecule has 4 nitrogen and oxygen atoms in total. The van der Waals surface area contributed by atoms with Gasteiger partial charge in [0.2, 0.25) is 11.8 Å². The van der Waals surface area contributed by atoms with E-state index < -0.39 is 6.04 Å². The minimum atomic E-state index is -0.713. The molecule has 0 unspecified atom stereocenters. The summed E-state index contributed by atoms with van der Waals surface area (Å²) in [6, 6.07) is 20.4. The van der Waals surface area contributed by atoms with Crippen molar-refractivity contribution in [2.24, 2.45) is 0 Å². The molecule has 3 aromatic rings. The Kier molecular flexibility index (Phi) is 10.4. The number of aryl methyl sites for hydroxylation is 2. The monoisotopic (exact) mass is 524 g/mol. The normalized spacial score (nSPS) is 11.7. The van der Waals surface area contributed by atoms with E-state index in [1.807, 2.05) is 56.3 Å². The number of amides is 2. The van der Waals surface area contributed by atoms with Crippen LogP contribution >= 0.6 is 23.2 Å². The highest BCUT2D eigenvalue weighted by Gasteiger charge is 2.31. The van der Waals surface area contributed by atoms with Crippen LogP contribution in [0.3, 0.4) is 0 Å². The molecule has 6 heteroatoms. The van der Waals surface area contributed by atoms with Gasteiger partial charge in [-0.25, -0.2) is 0 Å². The van der Waals surface area contributed by atoms with Crippen LogP contribution in [0.15, 0.2) is 66.7 Å². The fourth-order valence-electron chi connectivity index (χ4n) is 4.36. The molecule has 0 spiro atoms. The Morgan fingerprint density at radius 2 is 1.53 bits per heavy atom. The van der Waals surface area contributed by atoms with Crippen molar-refractivity contribution >= 4 is 35.0 Å². The Morgan fingerprint density at radius 3 is 2.14 bits per heavy atom. The molecule has 36 heavy (non-hydrogen) atoms. The second-order valence-electron chi connectivity index (χ2n) is 9.24. The Balaban J connectivity index is 2.01. The van der Waals surface area contributed by atoms with Crippen LogP contribution in [-0.2, 0) is 29.0 Å². The third-order valence-electron chi connectivity index (χ3n) is 6.13. The molecule has 1 N–H and O–H groups in total. The average molecular weight is 526 g/mol. The van der Waals surface area contributed by atoms with Crippen molar-refractivity contribution in [2.75, 3.05) is 6.54 Å². The summed E-state index contributed by atoms with van der Waals surface area (Å²) in [7, 11) is 0. The number of benzene rings is 3. The highest BCUT2D eigenvalue weighted by Crippen LogP contribution is 2.27. The number of hydrogen-bond donors (Lipinski definition) is 1. The van der Waals surface area contributed by atoms with Crippen LogP contribution < -0.4 is 5.32 Å². The van der Waals surface area contributed by atoms with Crippen LogP contribution in [0.5, 0.6) is 0 Å². The highest BCUT2D eigenvalue weighted by molar-refractivity contribution is 6.36. The average Bonchev–Trinajstić information content (AvgIpc) is 2.83. The molecule has 0 radical (unpaired) electrons. The van der Waals surface area contributed by atoms with Gasteiger partial charge in [0.15, 0.2) is 0 Å². The van der Waals surface area contributed by atoms with Crippen LogP contribution in [0.2, 0.25) is 10.0 Å².